The van der Waals surface area contributed by atoms with Crippen molar-refractivity contribution < 1.29 is 9.34 Å². The molecule has 0 radical (unpaired) electrons. The zero-order valence-electron chi connectivity index (χ0n) is 11.4. The summed E-state index contributed by atoms with van der Waals surface area (Å²) in [7, 11) is 3.98. The molecule has 0 bridgehead atoms. The molecule has 2 rings (SSSR count). The summed E-state index contributed by atoms with van der Waals surface area (Å²) < 4.78 is 5.43. The highest BCUT2D eigenvalue weighted by molar-refractivity contribution is 7.15. The van der Waals surface area contributed by atoms with E-state index in [0.717, 1.165) is 10.6 Å². The average Bonchev–Trinajstić information content (AvgIpc) is 3.05. The maximum absolute atomic E-state index is 10.6. The zero-order chi connectivity index (χ0) is 14.5. The highest BCUT2D eigenvalue weighted by Gasteiger charge is 2.16. The van der Waals surface area contributed by atoms with Gasteiger partial charge >= 0.3 is 5.00 Å². The lowest BCUT2D eigenvalue weighted by Crippen LogP contribution is -2.30. The third kappa shape index (κ3) is 3.66. The molecular weight excluding hydrogens is 278 g/mol. The second-order valence-corrected chi connectivity index (χ2v) is 5.77. The van der Waals surface area contributed by atoms with Crippen LogP contribution >= 0.6 is 11.3 Å². The van der Waals surface area contributed by atoms with Crippen LogP contribution in [0, 0.1) is 10.1 Å². The number of likely N-dealkylation sites (N-methyl/N-ethyl adjacent to an activating group) is 1. The Morgan fingerprint density at radius 1 is 1.45 bits per heavy atom. The van der Waals surface area contributed by atoms with Crippen LogP contribution in [0.1, 0.15) is 16.7 Å². The molecule has 1 N–H and O–H groups in total. The van der Waals surface area contributed by atoms with Crippen LogP contribution in [0.5, 0.6) is 0 Å². The molecule has 0 saturated heterocycles. The number of thiophene rings is 1. The van der Waals surface area contributed by atoms with Gasteiger partial charge in [0.2, 0.25) is 0 Å². The number of nitrogens with one attached hydrogen (secondary N) is 1. The van der Waals surface area contributed by atoms with Crippen LogP contribution in [-0.2, 0) is 6.54 Å². The largest absolute Gasteiger partial charge is 0.468 e. The van der Waals surface area contributed by atoms with E-state index < -0.39 is 0 Å². The van der Waals surface area contributed by atoms with Crippen molar-refractivity contribution in [1.29, 1.82) is 0 Å². The van der Waals surface area contributed by atoms with Crippen molar-refractivity contribution in [2.24, 2.45) is 0 Å². The van der Waals surface area contributed by atoms with Gasteiger partial charge in [0.15, 0.2) is 0 Å². The van der Waals surface area contributed by atoms with Crippen LogP contribution in [0.3, 0.4) is 0 Å². The van der Waals surface area contributed by atoms with Gasteiger partial charge in [0.25, 0.3) is 0 Å². The predicted molar refractivity (Wildman–Crippen MR) is 77.8 cm³/mol. The fourth-order valence-electron chi connectivity index (χ4n) is 1.91. The molecule has 0 spiro atoms. The number of nitrogens with zero attached hydrogens (tertiary/aromatic N) is 2. The van der Waals surface area contributed by atoms with E-state index in [1.807, 2.05) is 26.2 Å². The van der Waals surface area contributed by atoms with Crippen molar-refractivity contribution in [1.82, 2.24) is 10.2 Å². The van der Waals surface area contributed by atoms with Crippen molar-refractivity contribution in [2.75, 3.05) is 20.6 Å². The van der Waals surface area contributed by atoms with Crippen LogP contribution in [0.2, 0.25) is 0 Å². The lowest BCUT2D eigenvalue weighted by atomic mass is 10.2. The first-order valence-corrected chi connectivity index (χ1v) is 7.03. The normalized spacial score (nSPS) is 12.8. The van der Waals surface area contributed by atoms with Gasteiger partial charge in [-0.25, -0.2) is 0 Å². The summed E-state index contributed by atoms with van der Waals surface area (Å²) in [4.78, 5) is 13.3. The Bertz CT molecular complexity index is 551. The second kappa shape index (κ2) is 6.65. The fraction of sp³-hybridized carbons (Fsp3) is 0.385. The molecule has 1 unspecified atom stereocenters. The van der Waals surface area contributed by atoms with Crippen LogP contribution < -0.4 is 5.32 Å². The molecular formula is C13H17N3O3S. The van der Waals surface area contributed by atoms with Gasteiger partial charge in [-0.15, -0.1) is 0 Å². The van der Waals surface area contributed by atoms with Crippen molar-refractivity contribution >= 4 is 16.3 Å². The smallest absolute Gasteiger partial charge is 0.324 e. The Labute approximate surface area is 121 Å². The van der Waals surface area contributed by atoms with Gasteiger partial charge in [-0.1, -0.05) is 11.3 Å². The summed E-state index contributed by atoms with van der Waals surface area (Å²) in [5.41, 5.74) is 0. The maximum atomic E-state index is 10.6. The molecule has 6 nitrogen and oxygen atoms in total. The summed E-state index contributed by atoms with van der Waals surface area (Å²) in [6.45, 7) is 1.33. The van der Waals surface area contributed by atoms with E-state index in [9.17, 15) is 10.1 Å². The van der Waals surface area contributed by atoms with E-state index in [4.69, 9.17) is 4.42 Å². The van der Waals surface area contributed by atoms with Gasteiger partial charge in [0.05, 0.1) is 17.2 Å². The average molecular weight is 295 g/mol. The third-order valence-corrected chi connectivity index (χ3v) is 4.00. The molecule has 0 aliphatic carbocycles. The Balaban J connectivity index is 1.88. The summed E-state index contributed by atoms with van der Waals surface area (Å²) in [6.07, 6.45) is 1.66. The Hall–Kier alpha value is -1.70. The molecule has 0 aliphatic rings. The van der Waals surface area contributed by atoms with Gasteiger partial charge in [-0.05, 0) is 32.3 Å². The first kappa shape index (κ1) is 14.7. The minimum absolute atomic E-state index is 0.139. The number of hydrogen-bond acceptors (Lipinski definition) is 6. The maximum Gasteiger partial charge on any atom is 0.324 e. The predicted octanol–water partition coefficient (Wildman–Crippen LogP) is 2.64. The molecule has 0 aliphatic heterocycles. The van der Waals surface area contributed by atoms with Crippen molar-refractivity contribution in [3.05, 3.63) is 51.3 Å². The van der Waals surface area contributed by atoms with E-state index in [1.165, 1.54) is 17.4 Å². The highest BCUT2D eigenvalue weighted by atomic mass is 32.1. The van der Waals surface area contributed by atoms with E-state index in [2.05, 4.69) is 10.2 Å². The molecule has 20 heavy (non-hydrogen) atoms. The second-order valence-electron chi connectivity index (χ2n) is 4.62. The molecule has 2 heterocycles. The first-order valence-electron chi connectivity index (χ1n) is 6.21. The van der Waals surface area contributed by atoms with Gasteiger partial charge in [-0.3, -0.25) is 15.0 Å². The number of nitro groups is 1. The lowest BCUT2D eigenvalue weighted by molar-refractivity contribution is -0.380. The summed E-state index contributed by atoms with van der Waals surface area (Å²) in [5, 5.41) is 14.1. The SMILES string of the molecule is CN(C)C(CNCc1ccc([N+](=O)[O-])s1)c1ccco1. The molecule has 0 fully saturated rings. The Morgan fingerprint density at radius 3 is 2.80 bits per heavy atom. The standard InChI is InChI=1S/C13H17N3O3S/c1-15(2)11(12-4-3-7-19-12)9-14-8-10-5-6-13(20-10)16(17)18/h3-7,11,14H,8-9H2,1-2H3. The minimum atomic E-state index is -0.361. The van der Waals surface area contributed by atoms with E-state index in [1.54, 1.807) is 12.3 Å². The molecule has 108 valence electrons. The fourth-order valence-corrected chi connectivity index (χ4v) is 2.70. The molecule has 0 saturated carbocycles. The van der Waals surface area contributed by atoms with Crippen molar-refractivity contribution in [3.8, 4) is 0 Å². The zero-order valence-corrected chi connectivity index (χ0v) is 12.2. The quantitative estimate of drug-likeness (QED) is 0.628. The molecule has 2 aromatic heterocycles. The summed E-state index contributed by atoms with van der Waals surface area (Å²) in [5.74, 6) is 0.902. The Kier molecular flexibility index (Phi) is 4.89. The van der Waals surface area contributed by atoms with E-state index >= 15 is 0 Å². The topological polar surface area (TPSA) is 71.5 Å². The van der Waals surface area contributed by atoms with Crippen molar-refractivity contribution in [2.45, 2.75) is 12.6 Å². The Morgan fingerprint density at radius 2 is 2.25 bits per heavy atom. The highest BCUT2D eigenvalue weighted by Crippen LogP contribution is 2.24. The molecule has 1 atom stereocenters. The third-order valence-electron chi connectivity index (χ3n) is 2.96. The molecule has 2 aromatic rings. The summed E-state index contributed by atoms with van der Waals surface area (Å²) >= 11 is 1.20. The number of rotatable bonds is 7. The molecule has 0 aromatic carbocycles. The van der Waals surface area contributed by atoms with Gasteiger partial charge in [0, 0.05) is 24.0 Å². The van der Waals surface area contributed by atoms with Gasteiger partial charge in [-0.2, -0.15) is 0 Å². The lowest BCUT2D eigenvalue weighted by Gasteiger charge is -2.22. The van der Waals surface area contributed by atoms with E-state index in [-0.39, 0.29) is 16.0 Å². The summed E-state index contributed by atoms with van der Waals surface area (Å²) in [6, 6.07) is 7.28. The van der Waals surface area contributed by atoms with Gasteiger partial charge < -0.3 is 9.73 Å². The first-order chi connectivity index (χ1) is 9.58. The minimum Gasteiger partial charge on any atom is -0.468 e. The van der Waals surface area contributed by atoms with Crippen LogP contribution in [0.15, 0.2) is 34.9 Å². The monoisotopic (exact) mass is 295 g/mol. The van der Waals surface area contributed by atoms with E-state index in [0.29, 0.717) is 13.1 Å². The number of furan rings is 1. The van der Waals surface area contributed by atoms with Crippen LogP contribution in [-0.4, -0.2) is 30.5 Å². The van der Waals surface area contributed by atoms with Crippen LogP contribution in [0.25, 0.3) is 0 Å². The van der Waals surface area contributed by atoms with Crippen molar-refractivity contribution in [3.63, 3.8) is 0 Å². The number of hydrogen-bond donors (Lipinski definition) is 1. The molecule has 0 amide bonds. The van der Waals surface area contributed by atoms with Crippen LogP contribution in [0.4, 0.5) is 5.00 Å². The molecule has 7 heteroatoms. The van der Waals surface area contributed by atoms with Gasteiger partial charge in [0.1, 0.15) is 5.76 Å².